The van der Waals surface area contributed by atoms with Crippen LogP contribution in [0.15, 0.2) is 22.8 Å². The lowest BCUT2D eigenvalue weighted by Gasteiger charge is -2.28. The lowest BCUT2D eigenvalue weighted by Crippen LogP contribution is -2.33. The van der Waals surface area contributed by atoms with Crippen molar-refractivity contribution in [3.8, 4) is 6.07 Å². The molecular formula is C16H18N4O2. The van der Waals surface area contributed by atoms with E-state index in [0.29, 0.717) is 22.5 Å². The van der Waals surface area contributed by atoms with Gasteiger partial charge in [0.2, 0.25) is 0 Å². The van der Waals surface area contributed by atoms with Gasteiger partial charge in [0, 0.05) is 25.1 Å². The molecule has 0 aliphatic heterocycles. The number of rotatable bonds is 3. The molecule has 1 fully saturated rings. The van der Waals surface area contributed by atoms with E-state index in [1.165, 1.54) is 0 Å². The van der Waals surface area contributed by atoms with Crippen LogP contribution in [0.5, 0.6) is 0 Å². The van der Waals surface area contributed by atoms with E-state index in [1.54, 1.807) is 23.1 Å². The van der Waals surface area contributed by atoms with Gasteiger partial charge < -0.3 is 4.90 Å². The number of carbonyl (C=O) groups is 1. The molecule has 6 nitrogen and oxygen atoms in total. The van der Waals surface area contributed by atoms with Gasteiger partial charge in [-0.3, -0.25) is 4.79 Å². The molecular weight excluding hydrogens is 280 g/mol. The first-order valence-corrected chi connectivity index (χ1v) is 7.55. The van der Waals surface area contributed by atoms with E-state index in [0.717, 1.165) is 32.2 Å². The first-order chi connectivity index (χ1) is 10.7. The van der Waals surface area contributed by atoms with Crippen LogP contribution in [0.25, 0.3) is 11.0 Å². The fourth-order valence-corrected chi connectivity index (χ4v) is 3.08. The van der Waals surface area contributed by atoms with Crippen molar-refractivity contribution in [2.45, 2.75) is 25.7 Å². The van der Waals surface area contributed by atoms with E-state index in [9.17, 15) is 4.79 Å². The molecule has 22 heavy (non-hydrogen) atoms. The number of nitriles is 1. The van der Waals surface area contributed by atoms with Gasteiger partial charge in [0.1, 0.15) is 11.0 Å². The van der Waals surface area contributed by atoms with Crippen molar-refractivity contribution in [1.29, 1.82) is 5.26 Å². The second-order valence-corrected chi connectivity index (χ2v) is 6.00. The van der Waals surface area contributed by atoms with Gasteiger partial charge in [0.05, 0.1) is 6.07 Å². The SMILES string of the molecule is CN(CC1CCC(C#N)CC1)C(=O)c1ccc2nonc2c1. The van der Waals surface area contributed by atoms with Crippen LogP contribution in [0.1, 0.15) is 36.0 Å². The van der Waals surface area contributed by atoms with Gasteiger partial charge >= 0.3 is 0 Å². The van der Waals surface area contributed by atoms with Crippen LogP contribution in [-0.4, -0.2) is 34.7 Å². The van der Waals surface area contributed by atoms with Gasteiger partial charge in [0.15, 0.2) is 0 Å². The summed E-state index contributed by atoms with van der Waals surface area (Å²) in [6.07, 6.45) is 3.92. The Kier molecular flexibility index (Phi) is 4.05. The molecule has 6 heteroatoms. The number of aromatic nitrogens is 2. The molecule has 1 aromatic carbocycles. The Morgan fingerprint density at radius 1 is 1.32 bits per heavy atom. The molecule has 2 aromatic rings. The largest absolute Gasteiger partial charge is 0.341 e. The summed E-state index contributed by atoms with van der Waals surface area (Å²) in [5.74, 6) is 0.655. The molecule has 0 N–H and O–H groups in total. The van der Waals surface area contributed by atoms with Crippen LogP contribution < -0.4 is 0 Å². The second-order valence-electron chi connectivity index (χ2n) is 6.00. The minimum Gasteiger partial charge on any atom is -0.341 e. The maximum Gasteiger partial charge on any atom is 0.253 e. The van der Waals surface area contributed by atoms with Gasteiger partial charge in [-0.25, -0.2) is 4.63 Å². The van der Waals surface area contributed by atoms with Gasteiger partial charge in [-0.2, -0.15) is 5.26 Å². The zero-order valence-electron chi connectivity index (χ0n) is 12.5. The summed E-state index contributed by atoms with van der Waals surface area (Å²) < 4.78 is 4.65. The summed E-state index contributed by atoms with van der Waals surface area (Å²) >= 11 is 0. The van der Waals surface area contributed by atoms with Crippen molar-refractivity contribution >= 4 is 16.9 Å². The molecule has 3 rings (SSSR count). The summed E-state index contributed by atoms with van der Waals surface area (Å²) in [6, 6.07) is 7.53. The minimum atomic E-state index is -0.0210. The number of fused-ring (bicyclic) bond motifs is 1. The maximum atomic E-state index is 12.5. The van der Waals surface area contributed by atoms with E-state index >= 15 is 0 Å². The van der Waals surface area contributed by atoms with E-state index in [1.807, 2.05) is 7.05 Å². The second kappa shape index (κ2) is 6.14. The quantitative estimate of drug-likeness (QED) is 0.869. The standard InChI is InChI=1S/C16H18N4O2/c1-20(10-12-4-2-11(9-17)3-5-12)16(21)13-6-7-14-15(8-13)19-22-18-14/h6-8,11-12H,2-5,10H2,1H3. The first kappa shape index (κ1) is 14.5. The van der Waals surface area contributed by atoms with Crippen molar-refractivity contribution in [1.82, 2.24) is 15.2 Å². The van der Waals surface area contributed by atoms with Crippen LogP contribution in [-0.2, 0) is 0 Å². The lowest BCUT2D eigenvalue weighted by atomic mass is 9.82. The fourth-order valence-electron chi connectivity index (χ4n) is 3.08. The summed E-state index contributed by atoms with van der Waals surface area (Å²) in [5, 5.41) is 16.4. The number of hydrogen-bond acceptors (Lipinski definition) is 5. The molecule has 1 aliphatic carbocycles. The highest BCUT2D eigenvalue weighted by Gasteiger charge is 2.23. The lowest BCUT2D eigenvalue weighted by molar-refractivity contribution is 0.0757. The Bertz CT molecular complexity index is 710. The molecule has 114 valence electrons. The maximum absolute atomic E-state index is 12.5. The van der Waals surface area contributed by atoms with E-state index in [4.69, 9.17) is 5.26 Å². The summed E-state index contributed by atoms with van der Waals surface area (Å²) in [6.45, 7) is 0.728. The molecule has 0 bridgehead atoms. The Morgan fingerprint density at radius 3 is 2.77 bits per heavy atom. The molecule has 1 heterocycles. The Balaban J connectivity index is 1.63. The number of amides is 1. The number of hydrogen-bond donors (Lipinski definition) is 0. The van der Waals surface area contributed by atoms with E-state index in [-0.39, 0.29) is 11.8 Å². The van der Waals surface area contributed by atoms with Crippen LogP contribution in [0, 0.1) is 23.2 Å². The monoisotopic (exact) mass is 298 g/mol. The molecule has 0 atom stereocenters. The minimum absolute atomic E-state index is 0.0210. The molecule has 0 saturated heterocycles. The normalized spacial score (nSPS) is 21.5. The molecule has 1 saturated carbocycles. The van der Waals surface area contributed by atoms with Gasteiger partial charge in [-0.05, 0) is 60.1 Å². The van der Waals surface area contributed by atoms with Crippen molar-refractivity contribution in [3.05, 3.63) is 23.8 Å². The van der Waals surface area contributed by atoms with Crippen molar-refractivity contribution < 1.29 is 9.42 Å². The van der Waals surface area contributed by atoms with Gasteiger partial charge in [0.25, 0.3) is 5.91 Å². The summed E-state index contributed by atoms with van der Waals surface area (Å²) in [4.78, 5) is 14.3. The van der Waals surface area contributed by atoms with Crippen molar-refractivity contribution in [3.63, 3.8) is 0 Å². The third kappa shape index (κ3) is 2.93. The highest BCUT2D eigenvalue weighted by Crippen LogP contribution is 2.29. The third-order valence-electron chi connectivity index (χ3n) is 4.41. The topological polar surface area (TPSA) is 83.0 Å². The third-order valence-corrected chi connectivity index (χ3v) is 4.41. The molecule has 0 spiro atoms. The van der Waals surface area contributed by atoms with Crippen LogP contribution in [0.2, 0.25) is 0 Å². The summed E-state index contributed by atoms with van der Waals surface area (Å²) in [5.41, 5.74) is 1.83. The highest BCUT2D eigenvalue weighted by molar-refractivity contribution is 5.97. The first-order valence-electron chi connectivity index (χ1n) is 7.55. The van der Waals surface area contributed by atoms with Crippen molar-refractivity contribution in [2.24, 2.45) is 11.8 Å². The smallest absolute Gasteiger partial charge is 0.253 e. The summed E-state index contributed by atoms with van der Waals surface area (Å²) in [7, 11) is 1.82. The average molecular weight is 298 g/mol. The van der Waals surface area contributed by atoms with Crippen LogP contribution in [0.3, 0.4) is 0 Å². The molecule has 1 aromatic heterocycles. The number of nitrogens with zero attached hydrogens (tertiary/aromatic N) is 4. The van der Waals surface area contributed by atoms with E-state index < -0.39 is 0 Å². The molecule has 0 radical (unpaired) electrons. The molecule has 1 aliphatic rings. The zero-order chi connectivity index (χ0) is 15.5. The molecule has 1 amide bonds. The Hall–Kier alpha value is -2.42. The van der Waals surface area contributed by atoms with Gasteiger partial charge in [-0.15, -0.1) is 0 Å². The predicted molar refractivity (Wildman–Crippen MR) is 79.8 cm³/mol. The van der Waals surface area contributed by atoms with Crippen molar-refractivity contribution in [2.75, 3.05) is 13.6 Å². The zero-order valence-corrected chi connectivity index (χ0v) is 12.5. The van der Waals surface area contributed by atoms with Crippen LogP contribution in [0.4, 0.5) is 0 Å². The molecule has 0 unspecified atom stereocenters. The predicted octanol–water partition coefficient (Wildman–Crippen LogP) is 2.62. The van der Waals surface area contributed by atoms with Crippen LogP contribution >= 0.6 is 0 Å². The Morgan fingerprint density at radius 2 is 2.05 bits per heavy atom. The van der Waals surface area contributed by atoms with E-state index in [2.05, 4.69) is 21.0 Å². The highest BCUT2D eigenvalue weighted by atomic mass is 16.6. The fraction of sp³-hybridized carbons (Fsp3) is 0.500. The van der Waals surface area contributed by atoms with Gasteiger partial charge in [-0.1, -0.05) is 0 Å². The average Bonchev–Trinajstić information content (AvgIpc) is 3.02. The number of carbonyl (C=O) groups excluding carboxylic acids is 1. The Labute approximate surface area is 128 Å². The number of benzene rings is 1.